The normalized spacial score (nSPS) is 11.1. The molecular formula is C18H11F2N3O. The molecule has 0 N–H and O–H groups in total. The van der Waals surface area contributed by atoms with Gasteiger partial charge in [0.2, 0.25) is 5.65 Å². The third kappa shape index (κ3) is 2.38. The van der Waals surface area contributed by atoms with Crippen LogP contribution in [0.15, 0.2) is 71.9 Å². The second-order valence-corrected chi connectivity index (χ2v) is 5.31. The summed E-state index contributed by atoms with van der Waals surface area (Å²) in [6.07, 6.45) is 5.00. The van der Waals surface area contributed by atoms with Gasteiger partial charge in [0.15, 0.2) is 0 Å². The predicted molar refractivity (Wildman–Crippen MR) is 86.1 cm³/mol. The number of imidazole rings is 1. The number of aromatic nitrogens is 3. The Balaban J connectivity index is 1.86. The summed E-state index contributed by atoms with van der Waals surface area (Å²) >= 11 is 0. The fraction of sp³-hybridized carbons (Fsp3) is 0. The summed E-state index contributed by atoms with van der Waals surface area (Å²) in [7, 11) is 0. The molecule has 0 bridgehead atoms. The lowest BCUT2D eigenvalue weighted by atomic mass is 10.2. The van der Waals surface area contributed by atoms with E-state index >= 15 is 0 Å². The SMILES string of the molecule is O=c1c2nc(-c3ccc(F)cc3)cn2ccn1-c1ccc(F)cc1. The number of hydrogen-bond acceptors (Lipinski definition) is 2. The molecule has 0 radical (unpaired) electrons. The van der Waals surface area contributed by atoms with Crippen molar-refractivity contribution in [1.82, 2.24) is 14.0 Å². The van der Waals surface area contributed by atoms with Gasteiger partial charge in [0.25, 0.3) is 5.56 Å². The quantitative estimate of drug-likeness (QED) is 0.567. The Kier molecular flexibility index (Phi) is 3.23. The van der Waals surface area contributed by atoms with Crippen molar-refractivity contribution in [2.75, 3.05) is 0 Å². The number of benzene rings is 2. The molecule has 2 aromatic carbocycles. The molecular weight excluding hydrogens is 312 g/mol. The molecule has 0 saturated heterocycles. The Hall–Kier alpha value is -3.28. The van der Waals surface area contributed by atoms with Crippen molar-refractivity contribution >= 4 is 5.65 Å². The van der Waals surface area contributed by atoms with Crippen molar-refractivity contribution < 1.29 is 8.78 Å². The second kappa shape index (κ2) is 5.42. The summed E-state index contributed by atoms with van der Waals surface area (Å²) in [4.78, 5) is 17.0. The maximum atomic E-state index is 13.0. The van der Waals surface area contributed by atoms with Gasteiger partial charge >= 0.3 is 0 Å². The molecule has 2 heterocycles. The van der Waals surface area contributed by atoms with Crippen LogP contribution in [0.2, 0.25) is 0 Å². The van der Waals surface area contributed by atoms with Crippen LogP contribution >= 0.6 is 0 Å². The van der Waals surface area contributed by atoms with Gasteiger partial charge in [-0.3, -0.25) is 9.36 Å². The van der Waals surface area contributed by atoms with Crippen LogP contribution in [0.1, 0.15) is 0 Å². The van der Waals surface area contributed by atoms with Crippen molar-refractivity contribution in [3.8, 4) is 16.9 Å². The molecule has 0 aliphatic carbocycles. The topological polar surface area (TPSA) is 39.3 Å². The fourth-order valence-electron chi connectivity index (χ4n) is 2.54. The van der Waals surface area contributed by atoms with Crippen molar-refractivity contribution in [3.05, 3.63) is 89.1 Å². The lowest BCUT2D eigenvalue weighted by Crippen LogP contribution is -2.19. The largest absolute Gasteiger partial charge is 0.300 e. The van der Waals surface area contributed by atoms with Crippen LogP contribution in [0, 0.1) is 11.6 Å². The summed E-state index contributed by atoms with van der Waals surface area (Å²) in [5, 5.41) is 0. The zero-order chi connectivity index (χ0) is 16.7. The Labute approximate surface area is 135 Å². The zero-order valence-electron chi connectivity index (χ0n) is 12.4. The highest BCUT2D eigenvalue weighted by molar-refractivity contribution is 5.62. The zero-order valence-corrected chi connectivity index (χ0v) is 12.4. The van der Waals surface area contributed by atoms with Crippen molar-refractivity contribution in [2.24, 2.45) is 0 Å². The first-order valence-electron chi connectivity index (χ1n) is 7.24. The molecule has 0 fully saturated rings. The van der Waals surface area contributed by atoms with Crippen molar-refractivity contribution in [3.63, 3.8) is 0 Å². The summed E-state index contributed by atoms with van der Waals surface area (Å²) in [6, 6.07) is 11.5. The van der Waals surface area contributed by atoms with E-state index in [2.05, 4.69) is 4.98 Å². The molecule has 0 aliphatic rings. The highest BCUT2D eigenvalue weighted by Crippen LogP contribution is 2.18. The highest BCUT2D eigenvalue weighted by Gasteiger charge is 2.10. The molecule has 6 heteroatoms. The molecule has 0 amide bonds. The number of rotatable bonds is 2. The second-order valence-electron chi connectivity index (χ2n) is 5.31. The monoisotopic (exact) mass is 323 g/mol. The number of halogens is 2. The molecule has 0 unspecified atom stereocenters. The summed E-state index contributed by atoms with van der Waals surface area (Å²) < 4.78 is 29.1. The average molecular weight is 323 g/mol. The van der Waals surface area contributed by atoms with Gasteiger partial charge in [0.05, 0.1) is 5.69 Å². The standard InChI is InChI=1S/C18H11F2N3O/c19-13-3-1-12(2-4-13)16-11-22-9-10-23(18(24)17(22)21-16)15-7-5-14(20)6-8-15/h1-11H. The molecule has 2 aromatic heterocycles. The maximum absolute atomic E-state index is 13.0. The minimum Gasteiger partial charge on any atom is -0.300 e. The van der Waals surface area contributed by atoms with Gasteiger partial charge < -0.3 is 4.40 Å². The van der Waals surface area contributed by atoms with E-state index in [0.29, 0.717) is 16.9 Å². The third-order valence-electron chi connectivity index (χ3n) is 3.76. The number of nitrogens with zero attached hydrogens (tertiary/aromatic N) is 3. The van der Waals surface area contributed by atoms with E-state index in [9.17, 15) is 13.6 Å². The van der Waals surface area contributed by atoms with Gasteiger partial charge in [-0.2, -0.15) is 0 Å². The first-order chi connectivity index (χ1) is 11.6. The summed E-state index contributed by atoms with van der Waals surface area (Å²) in [6.45, 7) is 0. The van der Waals surface area contributed by atoms with Gasteiger partial charge in [-0.15, -0.1) is 0 Å². The van der Waals surface area contributed by atoms with Crippen LogP contribution in [-0.4, -0.2) is 14.0 Å². The molecule has 0 saturated carbocycles. The lowest BCUT2D eigenvalue weighted by molar-refractivity contribution is 0.627. The van der Waals surface area contributed by atoms with Gasteiger partial charge in [0, 0.05) is 29.8 Å². The average Bonchev–Trinajstić information content (AvgIpc) is 3.02. The van der Waals surface area contributed by atoms with Crippen LogP contribution in [0.5, 0.6) is 0 Å². The van der Waals surface area contributed by atoms with Crippen LogP contribution in [-0.2, 0) is 0 Å². The molecule has 118 valence electrons. The van der Waals surface area contributed by atoms with Crippen LogP contribution < -0.4 is 5.56 Å². The van der Waals surface area contributed by atoms with E-state index in [4.69, 9.17) is 0 Å². The van der Waals surface area contributed by atoms with Gasteiger partial charge in [-0.1, -0.05) is 0 Å². The van der Waals surface area contributed by atoms with Gasteiger partial charge in [-0.25, -0.2) is 13.8 Å². The molecule has 4 rings (SSSR count). The smallest absolute Gasteiger partial charge is 0.298 e. The van der Waals surface area contributed by atoms with Gasteiger partial charge in [0.1, 0.15) is 11.6 Å². The summed E-state index contributed by atoms with van der Waals surface area (Å²) in [5.41, 5.74) is 1.76. The van der Waals surface area contributed by atoms with E-state index in [1.807, 2.05) is 0 Å². The van der Waals surface area contributed by atoms with Crippen LogP contribution in [0.25, 0.3) is 22.6 Å². The third-order valence-corrected chi connectivity index (χ3v) is 3.76. The Morgan fingerprint density at radius 1 is 0.833 bits per heavy atom. The highest BCUT2D eigenvalue weighted by atomic mass is 19.1. The fourth-order valence-corrected chi connectivity index (χ4v) is 2.54. The lowest BCUT2D eigenvalue weighted by Gasteiger charge is -2.05. The Bertz CT molecular complexity index is 1080. The van der Waals surface area contributed by atoms with Crippen molar-refractivity contribution in [1.29, 1.82) is 0 Å². The molecule has 0 atom stereocenters. The molecule has 0 spiro atoms. The van der Waals surface area contributed by atoms with Crippen LogP contribution in [0.4, 0.5) is 8.78 Å². The van der Waals surface area contributed by atoms with Crippen LogP contribution in [0.3, 0.4) is 0 Å². The predicted octanol–water partition coefficient (Wildman–Crippen LogP) is 3.43. The first kappa shape index (κ1) is 14.3. The number of hydrogen-bond donors (Lipinski definition) is 0. The summed E-state index contributed by atoms with van der Waals surface area (Å²) in [5.74, 6) is -0.700. The molecule has 4 nitrogen and oxygen atoms in total. The Morgan fingerprint density at radius 2 is 1.46 bits per heavy atom. The Morgan fingerprint density at radius 3 is 2.12 bits per heavy atom. The van der Waals surface area contributed by atoms with E-state index in [0.717, 1.165) is 0 Å². The molecule has 24 heavy (non-hydrogen) atoms. The van der Waals surface area contributed by atoms with E-state index in [1.165, 1.54) is 41.0 Å². The van der Waals surface area contributed by atoms with E-state index in [-0.39, 0.29) is 22.8 Å². The van der Waals surface area contributed by atoms with Crippen molar-refractivity contribution in [2.45, 2.75) is 0 Å². The maximum Gasteiger partial charge on any atom is 0.298 e. The molecule has 4 aromatic rings. The minimum atomic E-state index is -0.368. The first-order valence-corrected chi connectivity index (χ1v) is 7.24. The minimum absolute atomic E-state index is 0.237. The van der Waals surface area contributed by atoms with E-state index in [1.54, 1.807) is 35.1 Å². The van der Waals surface area contributed by atoms with E-state index < -0.39 is 0 Å². The van der Waals surface area contributed by atoms with Gasteiger partial charge in [-0.05, 0) is 48.5 Å². The number of fused-ring (bicyclic) bond motifs is 1. The molecule has 0 aliphatic heterocycles.